The molecule has 0 aromatic rings. The SMILES string of the molecule is CCC1CC2CCCC(C2)C1C1(OC(=O)C2CC3C=CC2C3)CCCC1. The third-order valence-electron chi connectivity index (χ3n) is 8.94. The van der Waals surface area contributed by atoms with Crippen LogP contribution in [0.2, 0.25) is 0 Å². The maximum atomic E-state index is 13.3. The average molecular weight is 357 g/mol. The fourth-order valence-corrected chi connectivity index (χ4v) is 7.92. The molecule has 7 atom stereocenters. The molecule has 144 valence electrons. The minimum atomic E-state index is -0.115. The van der Waals surface area contributed by atoms with Crippen LogP contribution in [-0.2, 0) is 9.53 Å². The lowest BCUT2D eigenvalue weighted by Gasteiger charge is -2.52. The smallest absolute Gasteiger partial charge is 0.310 e. The van der Waals surface area contributed by atoms with Crippen LogP contribution in [0.3, 0.4) is 0 Å². The summed E-state index contributed by atoms with van der Waals surface area (Å²) in [6.45, 7) is 2.38. The van der Waals surface area contributed by atoms with Crippen molar-refractivity contribution in [1.82, 2.24) is 0 Å². The van der Waals surface area contributed by atoms with Crippen molar-refractivity contribution >= 4 is 5.97 Å². The summed E-state index contributed by atoms with van der Waals surface area (Å²) in [5, 5.41) is 0. The molecule has 4 fully saturated rings. The second-order valence-corrected chi connectivity index (χ2v) is 10.3. The minimum Gasteiger partial charge on any atom is -0.459 e. The van der Waals surface area contributed by atoms with Gasteiger partial charge in [0.25, 0.3) is 0 Å². The Morgan fingerprint density at radius 2 is 1.88 bits per heavy atom. The van der Waals surface area contributed by atoms with Crippen molar-refractivity contribution in [2.24, 2.45) is 41.4 Å². The van der Waals surface area contributed by atoms with Crippen LogP contribution < -0.4 is 0 Å². The normalized spacial score (nSPS) is 45.8. The number of hydrogen-bond acceptors (Lipinski definition) is 2. The molecule has 0 aromatic heterocycles. The molecule has 0 heterocycles. The fraction of sp³-hybridized carbons (Fsp3) is 0.875. The van der Waals surface area contributed by atoms with Crippen molar-refractivity contribution < 1.29 is 9.53 Å². The fourth-order valence-electron chi connectivity index (χ4n) is 7.92. The van der Waals surface area contributed by atoms with Crippen LogP contribution in [0.4, 0.5) is 0 Å². The molecule has 0 N–H and O–H groups in total. The van der Waals surface area contributed by atoms with E-state index >= 15 is 0 Å². The van der Waals surface area contributed by atoms with Gasteiger partial charge in [0.15, 0.2) is 0 Å². The predicted octanol–water partition coefficient (Wildman–Crippen LogP) is 5.91. The Kier molecular flexibility index (Phi) is 4.44. The number of carbonyl (C=O) groups excluding carboxylic acids is 1. The highest BCUT2D eigenvalue weighted by atomic mass is 16.6. The van der Waals surface area contributed by atoms with Crippen molar-refractivity contribution in [2.75, 3.05) is 0 Å². The average Bonchev–Trinajstić information content (AvgIpc) is 3.38. The molecule has 0 radical (unpaired) electrons. The Bertz CT molecular complexity index is 571. The summed E-state index contributed by atoms with van der Waals surface area (Å²) in [6, 6.07) is 0. The van der Waals surface area contributed by atoms with Crippen LogP contribution in [0.1, 0.15) is 84.0 Å². The summed E-state index contributed by atoms with van der Waals surface area (Å²) in [7, 11) is 0. The van der Waals surface area contributed by atoms with E-state index in [4.69, 9.17) is 4.74 Å². The lowest BCUT2D eigenvalue weighted by atomic mass is 9.56. The van der Waals surface area contributed by atoms with E-state index in [1.54, 1.807) is 0 Å². The van der Waals surface area contributed by atoms with Crippen molar-refractivity contribution in [3.8, 4) is 0 Å². The first kappa shape index (κ1) is 17.3. The van der Waals surface area contributed by atoms with Gasteiger partial charge >= 0.3 is 5.97 Å². The van der Waals surface area contributed by atoms with Crippen molar-refractivity contribution in [3.63, 3.8) is 0 Å². The molecular weight excluding hydrogens is 320 g/mol. The lowest BCUT2D eigenvalue weighted by molar-refractivity contribution is -0.183. The van der Waals surface area contributed by atoms with Crippen LogP contribution in [0.5, 0.6) is 0 Å². The highest BCUT2D eigenvalue weighted by Gasteiger charge is 2.54. The zero-order valence-corrected chi connectivity index (χ0v) is 16.5. The molecule has 7 unspecified atom stereocenters. The summed E-state index contributed by atoms with van der Waals surface area (Å²) in [4.78, 5) is 13.3. The van der Waals surface area contributed by atoms with Gasteiger partial charge in [0.1, 0.15) is 5.60 Å². The molecule has 2 heteroatoms. The summed E-state index contributed by atoms with van der Waals surface area (Å²) < 4.78 is 6.63. The van der Waals surface area contributed by atoms with Crippen molar-refractivity contribution in [3.05, 3.63) is 12.2 Å². The lowest BCUT2D eigenvalue weighted by Crippen LogP contribution is -2.51. The number of esters is 1. The largest absolute Gasteiger partial charge is 0.459 e. The Morgan fingerprint density at radius 1 is 1.04 bits per heavy atom. The van der Waals surface area contributed by atoms with Gasteiger partial charge in [-0.1, -0.05) is 44.8 Å². The number of hydrogen-bond donors (Lipinski definition) is 0. The first-order chi connectivity index (χ1) is 12.7. The van der Waals surface area contributed by atoms with Gasteiger partial charge in [-0.25, -0.2) is 0 Å². The molecule has 5 aliphatic carbocycles. The van der Waals surface area contributed by atoms with Crippen LogP contribution in [-0.4, -0.2) is 11.6 Å². The zero-order chi connectivity index (χ0) is 17.7. The van der Waals surface area contributed by atoms with E-state index in [0.717, 1.165) is 37.0 Å². The molecule has 0 spiro atoms. The van der Waals surface area contributed by atoms with Gasteiger partial charge in [0, 0.05) is 5.92 Å². The van der Waals surface area contributed by atoms with E-state index in [-0.39, 0.29) is 17.5 Å². The van der Waals surface area contributed by atoms with Crippen LogP contribution in [0.25, 0.3) is 0 Å². The number of fused-ring (bicyclic) bond motifs is 4. The minimum absolute atomic E-state index is 0.115. The topological polar surface area (TPSA) is 26.3 Å². The molecule has 0 aromatic carbocycles. The van der Waals surface area contributed by atoms with Gasteiger partial charge < -0.3 is 4.74 Å². The summed E-state index contributed by atoms with van der Waals surface area (Å²) >= 11 is 0. The molecule has 5 aliphatic rings. The van der Waals surface area contributed by atoms with E-state index in [9.17, 15) is 4.79 Å². The Hall–Kier alpha value is -0.790. The van der Waals surface area contributed by atoms with Gasteiger partial charge in [-0.3, -0.25) is 4.79 Å². The van der Waals surface area contributed by atoms with Gasteiger partial charge in [0.2, 0.25) is 0 Å². The van der Waals surface area contributed by atoms with E-state index in [2.05, 4.69) is 19.1 Å². The Morgan fingerprint density at radius 3 is 2.58 bits per heavy atom. The molecule has 4 bridgehead atoms. The van der Waals surface area contributed by atoms with Crippen LogP contribution in [0.15, 0.2) is 12.2 Å². The number of allylic oxidation sites excluding steroid dienone is 2. The monoisotopic (exact) mass is 356 g/mol. The van der Waals surface area contributed by atoms with Gasteiger partial charge in [0.05, 0.1) is 5.92 Å². The Labute approximate surface area is 159 Å². The van der Waals surface area contributed by atoms with Crippen LogP contribution >= 0.6 is 0 Å². The predicted molar refractivity (Wildman–Crippen MR) is 103 cm³/mol. The number of rotatable bonds is 4. The molecule has 0 aliphatic heterocycles. The van der Waals surface area contributed by atoms with E-state index in [1.807, 2.05) is 0 Å². The molecule has 0 amide bonds. The summed E-state index contributed by atoms with van der Waals surface area (Å²) in [5.74, 6) is 4.64. The zero-order valence-electron chi connectivity index (χ0n) is 16.5. The molecule has 0 saturated heterocycles. The van der Waals surface area contributed by atoms with Crippen LogP contribution in [0, 0.1) is 41.4 Å². The first-order valence-electron chi connectivity index (χ1n) is 11.6. The molecule has 4 saturated carbocycles. The Balaban J connectivity index is 1.39. The van der Waals surface area contributed by atoms with E-state index in [1.165, 1.54) is 57.8 Å². The second-order valence-electron chi connectivity index (χ2n) is 10.3. The third kappa shape index (κ3) is 2.78. The molecule has 5 rings (SSSR count). The van der Waals surface area contributed by atoms with Gasteiger partial charge in [-0.05, 0) is 81.0 Å². The van der Waals surface area contributed by atoms with Crippen molar-refractivity contribution in [2.45, 2.75) is 89.6 Å². The standard InChI is InChI=1S/C24H36O2/c1-2-18-12-16-6-5-7-20(14-16)22(18)24(10-3-4-11-24)26-23(25)21-15-17-8-9-19(21)13-17/h8-9,16-22H,2-7,10-15H2,1H3. The first-order valence-corrected chi connectivity index (χ1v) is 11.6. The quantitative estimate of drug-likeness (QED) is 0.462. The number of carbonyl (C=O) groups is 1. The second kappa shape index (κ2) is 6.67. The molecule has 26 heavy (non-hydrogen) atoms. The van der Waals surface area contributed by atoms with Crippen molar-refractivity contribution in [1.29, 1.82) is 0 Å². The molecule has 2 nitrogen and oxygen atoms in total. The third-order valence-corrected chi connectivity index (χ3v) is 8.94. The van der Waals surface area contributed by atoms with E-state index in [0.29, 0.717) is 17.8 Å². The summed E-state index contributed by atoms with van der Waals surface area (Å²) in [5.41, 5.74) is -0.115. The maximum Gasteiger partial charge on any atom is 0.310 e. The highest BCUT2D eigenvalue weighted by Crippen LogP contribution is 2.56. The molecular formula is C24H36O2. The van der Waals surface area contributed by atoms with E-state index < -0.39 is 0 Å². The van der Waals surface area contributed by atoms with Gasteiger partial charge in [-0.2, -0.15) is 0 Å². The number of ether oxygens (including phenoxy) is 1. The maximum absolute atomic E-state index is 13.3. The highest BCUT2D eigenvalue weighted by molar-refractivity contribution is 5.74. The van der Waals surface area contributed by atoms with Gasteiger partial charge in [-0.15, -0.1) is 0 Å². The summed E-state index contributed by atoms with van der Waals surface area (Å²) in [6.07, 6.45) is 20.0.